The number of carbonyl (C=O) groups excluding carboxylic acids is 1. The Balaban J connectivity index is 0.000000534. The average Bonchev–Trinajstić information content (AvgIpc) is 2.79. The van der Waals surface area contributed by atoms with E-state index in [2.05, 4.69) is 16.7 Å². The number of rotatable bonds is 5. The van der Waals surface area contributed by atoms with Crippen molar-refractivity contribution in [2.75, 3.05) is 40.4 Å². The Morgan fingerprint density at radius 1 is 1.00 bits per heavy atom. The van der Waals surface area contributed by atoms with Gasteiger partial charge in [0, 0.05) is 31.1 Å². The Kier molecular flexibility index (Phi) is 9.77. The predicted octanol–water partition coefficient (Wildman–Crippen LogP) is 2.33. The van der Waals surface area contributed by atoms with E-state index in [0.717, 1.165) is 69.0 Å². The van der Waals surface area contributed by atoms with Crippen molar-refractivity contribution in [3.8, 4) is 11.5 Å². The van der Waals surface area contributed by atoms with Crippen molar-refractivity contribution in [1.29, 1.82) is 0 Å². The number of benzene rings is 1. The third-order valence-electron chi connectivity index (χ3n) is 5.97. The molecule has 2 aliphatic heterocycles. The Morgan fingerprint density at radius 2 is 1.66 bits per heavy atom. The van der Waals surface area contributed by atoms with Gasteiger partial charge in [0.15, 0.2) is 0 Å². The van der Waals surface area contributed by atoms with E-state index in [9.17, 15) is 4.79 Å². The van der Waals surface area contributed by atoms with Crippen LogP contribution in [0.15, 0.2) is 18.2 Å². The normalized spacial score (nSPS) is 19.5. The molecule has 2 saturated heterocycles. The number of hydrogen-bond donors (Lipinski definition) is 2. The van der Waals surface area contributed by atoms with Gasteiger partial charge in [-0.1, -0.05) is 6.92 Å². The summed E-state index contributed by atoms with van der Waals surface area (Å²) in [4.78, 5) is 35.5. The van der Waals surface area contributed by atoms with Crippen molar-refractivity contribution in [3.63, 3.8) is 0 Å². The van der Waals surface area contributed by atoms with E-state index in [0.29, 0.717) is 11.8 Å². The molecular formula is C23H34N2O7. The first-order chi connectivity index (χ1) is 15.2. The number of methoxy groups -OCH3 is 2. The predicted molar refractivity (Wildman–Crippen MR) is 118 cm³/mol. The summed E-state index contributed by atoms with van der Waals surface area (Å²) in [6.45, 7) is 6.90. The molecule has 0 aliphatic carbocycles. The second kappa shape index (κ2) is 12.3. The molecule has 1 aromatic rings. The number of aliphatic carboxylic acids is 2. The van der Waals surface area contributed by atoms with Crippen molar-refractivity contribution in [1.82, 2.24) is 9.80 Å². The zero-order valence-electron chi connectivity index (χ0n) is 19.1. The number of carboxylic acids is 2. The number of carboxylic acid groups (broad SMARTS) is 2. The molecule has 32 heavy (non-hydrogen) atoms. The van der Waals surface area contributed by atoms with Gasteiger partial charge in [-0.15, -0.1) is 0 Å². The van der Waals surface area contributed by atoms with Gasteiger partial charge < -0.3 is 24.6 Å². The lowest BCUT2D eigenvalue weighted by atomic mass is 9.92. The fraction of sp³-hybridized carbons (Fsp3) is 0.609. The Hall–Kier alpha value is -2.81. The molecule has 0 radical (unpaired) electrons. The molecule has 1 amide bonds. The van der Waals surface area contributed by atoms with Crippen molar-refractivity contribution >= 4 is 17.8 Å². The van der Waals surface area contributed by atoms with Crippen molar-refractivity contribution in [2.24, 2.45) is 11.8 Å². The highest BCUT2D eigenvalue weighted by Gasteiger charge is 2.30. The molecule has 2 heterocycles. The maximum atomic E-state index is 12.8. The van der Waals surface area contributed by atoms with Gasteiger partial charge in [-0.3, -0.25) is 9.69 Å². The van der Waals surface area contributed by atoms with Crippen LogP contribution in [0.1, 0.15) is 38.2 Å². The van der Waals surface area contributed by atoms with E-state index >= 15 is 0 Å². The van der Waals surface area contributed by atoms with Gasteiger partial charge in [0.25, 0.3) is 0 Å². The lowest BCUT2D eigenvalue weighted by Crippen LogP contribution is -2.45. The summed E-state index contributed by atoms with van der Waals surface area (Å²) in [6, 6.07) is 5.93. The highest BCUT2D eigenvalue weighted by molar-refractivity contribution is 6.27. The number of likely N-dealkylation sites (tertiary alicyclic amines) is 2. The van der Waals surface area contributed by atoms with Crippen molar-refractivity contribution in [2.45, 2.75) is 39.2 Å². The summed E-state index contributed by atoms with van der Waals surface area (Å²) in [7, 11) is 3.39. The molecule has 2 fully saturated rings. The summed E-state index contributed by atoms with van der Waals surface area (Å²) in [6.07, 6.45) is 4.32. The molecule has 0 spiro atoms. The van der Waals surface area contributed by atoms with Crippen LogP contribution in [-0.4, -0.2) is 78.3 Å². The molecular weight excluding hydrogens is 416 g/mol. The minimum Gasteiger partial charge on any atom is -0.497 e. The second-order valence-corrected chi connectivity index (χ2v) is 8.37. The molecule has 2 N–H and O–H groups in total. The first-order valence-electron chi connectivity index (χ1n) is 10.9. The lowest BCUT2D eigenvalue weighted by Gasteiger charge is -2.37. The van der Waals surface area contributed by atoms with Crippen LogP contribution in [0.2, 0.25) is 0 Å². The van der Waals surface area contributed by atoms with Gasteiger partial charge in [-0.2, -0.15) is 0 Å². The zero-order chi connectivity index (χ0) is 23.7. The second-order valence-electron chi connectivity index (χ2n) is 8.37. The SMILES string of the molecule is COc1ccc(OC)c(CN2CCC(C(=O)N3CCCC(C)C3)CC2)c1.O=C(O)C(=O)O. The molecule has 1 aromatic carbocycles. The fourth-order valence-electron chi connectivity index (χ4n) is 4.23. The maximum Gasteiger partial charge on any atom is 0.414 e. The fourth-order valence-corrected chi connectivity index (χ4v) is 4.23. The van der Waals surface area contributed by atoms with Crippen LogP contribution >= 0.6 is 0 Å². The third-order valence-corrected chi connectivity index (χ3v) is 5.97. The molecule has 2 aliphatic rings. The lowest BCUT2D eigenvalue weighted by molar-refractivity contribution is -0.159. The number of amides is 1. The van der Waals surface area contributed by atoms with Gasteiger partial charge >= 0.3 is 11.9 Å². The number of nitrogens with zero attached hydrogens (tertiary/aromatic N) is 2. The largest absolute Gasteiger partial charge is 0.497 e. The van der Waals surface area contributed by atoms with E-state index in [1.807, 2.05) is 18.2 Å². The van der Waals surface area contributed by atoms with Gasteiger partial charge in [-0.05, 0) is 62.9 Å². The number of carbonyl (C=O) groups is 3. The maximum absolute atomic E-state index is 12.8. The highest BCUT2D eigenvalue weighted by atomic mass is 16.5. The van der Waals surface area contributed by atoms with E-state index in [-0.39, 0.29) is 5.92 Å². The van der Waals surface area contributed by atoms with E-state index in [1.165, 1.54) is 6.42 Å². The molecule has 0 saturated carbocycles. The van der Waals surface area contributed by atoms with Crippen LogP contribution in [0.4, 0.5) is 0 Å². The Bertz CT molecular complexity index is 779. The van der Waals surface area contributed by atoms with Crippen molar-refractivity contribution < 1.29 is 34.1 Å². The highest BCUT2D eigenvalue weighted by Crippen LogP contribution is 2.28. The molecule has 9 nitrogen and oxygen atoms in total. The molecule has 0 aromatic heterocycles. The van der Waals surface area contributed by atoms with Gasteiger partial charge in [0.2, 0.25) is 5.91 Å². The quantitative estimate of drug-likeness (QED) is 0.657. The molecule has 1 unspecified atom stereocenters. The summed E-state index contributed by atoms with van der Waals surface area (Å²) < 4.78 is 10.8. The molecule has 1 atom stereocenters. The topological polar surface area (TPSA) is 117 Å². The van der Waals surface area contributed by atoms with Crippen LogP contribution in [0.25, 0.3) is 0 Å². The van der Waals surface area contributed by atoms with Gasteiger partial charge in [0.1, 0.15) is 11.5 Å². The van der Waals surface area contributed by atoms with Crippen LogP contribution in [0.5, 0.6) is 11.5 Å². The van der Waals surface area contributed by atoms with Gasteiger partial charge in [-0.25, -0.2) is 9.59 Å². The minimum absolute atomic E-state index is 0.198. The Labute approximate surface area is 188 Å². The minimum atomic E-state index is -1.82. The smallest absolute Gasteiger partial charge is 0.414 e. The third kappa shape index (κ3) is 7.40. The molecule has 3 rings (SSSR count). The monoisotopic (exact) mass is 450 g/mol. The average molecular weight is 451 g/mol. The summed E-state index contributed by atoms with van der Waals surface area (Å²) in [5.74, 6) is -0.673. The first kappa shape index (κ1) is 25.5. The molecule has 178 valence electrons. The molecule has 9 heteroatoms. The van der Waals surface area contributed by atoms with E-state index < -0.39 is 11.9 Å². The summed E-state index contributed by atoms with van der Waals surface area (Å²) in [5, 5.41) is 14.8. The summed E-state index contributed by atoms with van der Waals surface area (Å²) >= 11 is 0. The van der Waals surface area contributed by atoms with E-state index in [4.69, 9.17) is 29.3 Å². The summed E-state index contributed by atoms with van der Waals surface area (Å²) in [5.41, 5.74) is 1.14. The van der Waals surface area contributed by atoms with E-state index in [1.54, 1.807) is 14.2 Å². The van der Waals surface area contributed by atoms with Gasteiger partial charge in [0.05, 0.1) is 14.2 Å². The van der Waals surface area contributed by atoms with Crippen LogP contribution < -0.4 is 9.47 Å². The van der Waals surface area contributed by atoms with Crippen molar-refractivity contribution in [3.05, 3.63) is 23.8 Å². The standard InChI is InChI=1S/C21H32N2O3.C2H2O4/c1-16-5-4-10-23(14-16)21(24)17-8-11-22(12-9-17)15-18-13-19(25-2)6-7-20(18)26-3;3-1(4)2(5)6/h6-7,13,16-17H,4-5,8-12,14-15H2,1-3H3;(H,3,4)(H,5,6). The van der Waals surface area contributed by atoms with Crippen LogP contribution in [-0.2, 0) is 20.9 Å². The Morgan fingerprint density at radius 3 is 2.19 bits per heavy atom. The van der Waals surface area contributed by atoms with Crippen LogP contribution in [0, 0.1) is 11.8 Å². The number of hydrogen-bond acceptors (Lipinski definition) is 6. The number of piperidine rings is 2. The molecule has 0 bridgehead atoms. The van der Waals surface area contributed by atoms with Crippen LogP contribution in [0.3, 0.4) is 0 Å². The first-order valence-corrected chi connectivity index (χ1v) is 10.9. The number of ether oxygens (including phenoxy) is 2. The zero-order valence-corrected chi connectivity index (χ0v) is 19.1.